The molecule has 1 aliphatic heterocycles. The molecule has 2 N–H and O–H groups in total. The van der Waals surface area contributed by atoms with Crippen molar-refractivity contribution < 1.29 is 9.53 Å². The van der Waals surface area contributed by atoms with E-state index in [2.05, 4.69) is 34.4 Å². The normalized spacial score (nSPS) is 19.4. The zero-order valence-electron chi connectivity index (χ0n) is 18.3. The van der Waals surface area contributed by atoms with Gasteiger partial charge < -0.3 is 20.3 Å². The van der Waals surface area contributed by atoms with Crippen molar-refractivity contribution in [3.8, 4) is 0 Å². The van der Waals surface area contributed by atoms with Crippen LogP contribution in [0.25, 0.3) is 0 Å². The summed E-state index contributed by atoms with van der Waals surface area (Å²) in [5, 5.41) is 6.74. The van der Waals surface area contributed by atoms with Gasteiger partial charge in [0.25, 0.3) is 0 Å². The van der Waals surface area contributed by atoms with Gasteiger partial charge in [0, 0.05) is 47.4 Å². The van der Waals surface area contributed by atoms with Crippen LogP contribution in [0.5, 0.6) is 0 Å². The molecule has 1 amide bonds. The van der Waals surface area contributed by atoms with Gasteiger partial charge >= 0.3 is 0 Å². The predicted molar refractivity (Wildman–Crippen MR) is 112 cm³/mol. The molecular weight excluding hydrogens is 342 g/mol. The number of likely N-dealkylation sites (tertiary alicyclic amines) is 1. The maximum Gasteiger partial charge on any atom is 0.239 e. The van der Waals surface area contributed by atoms with Crippen molar-refractivity contribution in [2.45, 2.75) is 58.6 Å². The number of hydrogen-bond donors (Lipinski definition) is 2. The molecule has 0 bridgehead atoms. The van der Waals surface area contributed by atoms with Gasteiger partial charge in [0.15, 0.2) is 5.96 Å². The van der Waals surface area contributed by atoms with E-state index in [4.69, 9.17) is 4.74 Å². The minimum Gasteiger partial charge on any atom is -0.378 e. The van der Waals surface area contributed by atoms with E-state index < -0.39 is 0 Å². The summed E-state index contributed by atoms with van der Waals surface area (Å²) in [6, 6.07) is 0.0592. The fourth-order valence-corrected chi connectivity index (χ4v) is 3.54. The Morgan fingerprint density at radius 3 is 2.59 bits per heavy atom. The standard InChI is InChI=1S/C20H41N5O2/c1-7-27-18(16(2)3)11-13-23-20(21-4)22-12-9-15-25-14-8-10-17(25)19(26)24(5)6/h16-18H,7-15H2,1-6H3,(H2,21,22,23). The molecule has 1 aliphatic rings. The third-order valence-corrected chi connectivity index (χ3v) is 5.07. The largest absolute Gasteiger partial charge is 0.378 e. The lowest BCUT2D eigenvalue weighted by atomic mass is 10.0. The van der Waals surface area contributed by atoms with Crippen LogP contribution in [0.4, 0.5) is 0 Å². The maximum absolute atomic E-state index is 12.2. The molecule has 2 unspecified atom stereocenters. The third-order valence-electron chi connectivity index (χ3n) is 5.07. The smallest absolute Gasteiger partial charge is 0.239 e. The van der Waals surface area contributed by atoms with Crippen LogP contribution in [0.2, 0.25) is 0 Å². The quantitative estimate of drug-likeness (QED) is 0.322. The number of likely N-dealkylation sites (N-methyl/N-ethyl adjacent to an activating group) is 1. The van der Waals surface area contributed by atoms with Crippen LogP contribution in [0.15, 0.2) is 4.99 Å². The summed E-state index contributed by atoms with van der Waals surface area (Å²) in [5.74, 6) is 1.57. The fraction of sp³-hybridized carbons (Fsp3) is 0.900. The van der Waals surface area contributed by atoms with E-state index in [1.165, 1.54) is 0 Å². The Morgan fingerprint density at radius 1 is 1.30 bits per heavy atom. The Hall–Kier alpha value is -1.34. The van der Waals surface area contributed by atoms with E-state index in [0.29, 0.717) is 5.92 Å². The Labute approximate surface area is 165 Å². The summed E-state index contributed by atoms with van der Waals surface area (Å²) < 4.78 is 5.78. The maximum atomic E-state index is 12.2. The Bertz CT molecular complexity index is 454. The molecule has 7 nitrogen and oxygen atoms in total. The summed E-state index contributed by atoms with van der Waals surface area (Å²) in [4.78, 5) is 20.6. The van der Waals surface area contributed by atoms with Crippen molar-refractivity contribution in [2.24, 2.45) is 10.9 Å². The monoisotopic (exact) mass is 383 g/mol. The van der Waals surface area contributed by atoms with Crippen molar-refractivity contribution in [1.29, 1.82) is 0 Å². The van der Waals surface area contributed by atoms with Crippen molar-refractivity contribution in [3.63, 3.8) is 0 Å². The van der Waals surface area contributed by atoms with Gasteiger partial charge in [-0.3, -0.25) is 14.7 Å². The topological polar surface area (TPSA) is 69.2 Å². The first kappa shape index (κ1) is 23.7. The average molecular weight is 384 g/mol. The van der Waals surface area contributed by atoms with Crippen LogP contribution in [0, 0.1) is 5.92 Å². The second-order valence-electron chi connectivity index (χ2n) is 7.73. The highest BCUT2D eigenvalue weighted by Crippen LogP contribution is 2.18. The SMILES string of the molecule is CCOC(CCNC(=NC)NCCCN1CCCC1C(=O)N(C)C)C(C)C. The second-order valence-corrected chi connectivity index (χ2v) is 7.73. The van der Waals surface area contributed by atoms with Crippen LogP contribution >= 0.6 is 0 Å². The van der Waals surface area contributed by atoms with E-state index in [-0.39, 0.29) is 18.1 Å². The van der Waals surface area contributed by atoms with Gasteiger partial charge in [-0.1, -0.05) is 13.8 Å². The summed E-state index contributed by atoms with van der Waals surface area (Å²) in [5.41, 5.74) is 0. The number of aliphatic imine (C=N–C) groups is 1. The lowest BCUT2D eigenvalue weighted by molar-refractivity contribution is -0.133. The molecular formula is C20H41N5O2. The molecule has 0 saturated carbocycles. The third kappa shape index (κ3) is 8.47. The van der Waals surface area contributed by atoms with Crippen LogP contribution in [-0.2, 0) is 9.53 Å². The van der Waals surface area contributed by atoms with Crippen molar-refractivity contribution in [3.05, 3.63) is 0 Å². The van der Waals surface area contributed by atoms with Gasteiger partial charge in [-0.25, -0.2) is 0 Å². The number of carbonyl (C=O) groups is 1. The molecule has 158 valence electrons. The second kappa shape index (κ2) is 12.9. The van der Waals surface area contributed by atoms with Crippen molar-refractivity contribution in [2.75, 3.05) is 53.9 Å². The number of amides is 1. The number of guanidine groups is 1. The predicted octanol–water partition coefficient (Wildman–Crippen LogP) is 1.55. The average Bonchev–Trinajstić information content (AvgIpc) is 3.10. The molecule has 0 aromatic rings. The molecule has 1 saturated heterocycles. The van der Waals surface area contributed by atoms with E-state index in [9.17, 15) is 4.79 Å². The lowest BCUT2D eigenvalue weighted by Gasteiger charge is -2.26. The molecule has 7 heteroatoms. The summed E-state index contributed by atoms with van der Waals surface area (Å²) in [6.07, 6.45) is 4.32. The van der Waals surface area contributed by atoms with E-state index in [1.807, 2.05) is 21.0 Å². The number of nitrogens with zero attached hydrogens (tertiary/aromatic N) is 3. The molecule has 0 aromatic carbocycles. The highest BCUT2D eigenvalue weighted by Gasteiger charge is 2.30. The summed E-state index contributed by atoms with van der Waals surface area (Å²) in [7, 11) is 5.47. The number of rotatable bonds is 11. The highest BCUT2D eigenvalue weighted by atomic mass is 16.5. The minimum absolute atomic E-state index is 0.0592. The first-order chi connectivity index (χ1) is 12.9. The van der Waals surface area contributed by atoms with Crippen LogP contribution in [0.1, 0.15) is 46.5 Å². The van der Waals surface area contributed by atoms with E-state index in [1.54, 1.807) is 11.9 Å². The van der Waals surface area contributed by atoms with Gasteiger partial charge in [0.05, 0.1) is 12.1 Å². The first-order valence-corrected chi connectivity index (χ1v) is 10.4. The molecule has 1 fully saturated rings. The zero-order chi connectivity index (χ0) is 20.2. The minimum atomic E-state index is 0.0592. The van der Waals surface area contributed by atoms with Gasteiger partial charge in [-0.15, -0.1) is 0 Å². The summed E-state index contributed by atoms with van der Waals surface area (Å²) >= 11 is 0. The molecule has 0 radical (unpaired) electrons. The zero-order valence-corrected chi connectivity index (χ0v) is 18.3. The van der Waals surface area contributed by atoms with Gasteiger partial charge in [-0.05, 0) is 45.1 Å². The molecule has 1 heterocycles. The number of ether oxygens (including phenoxy) is 1. The fourth-order valence-electron chi connectivity index (χ4n) is 3.54. The van der Waals surface area contributed by atoms with Gasteiger partial charge in [0.1, 0.15) is 0 Å². The van der Waals surface area contributed by atoms with Crippen LogP contribution < -0.4 is 10.6 Å². The molecule has 0 spiro atoms. The molecule has 0 aliphatic carbocycles. The summed E-state index contributed by atoms with van der Waals surface area (Å²) in [6.45, 7) is 10.8. The molecule has 1 rings (SSSR count). The van der Waals surface area contributed by atoms with Crippen molar-refractivity contribution >= 4 is 11.9 Å². The van der Waals surface area contributed by atoms with Crippen LogP contribution in [-0.4, -0.2) is 87.7 Å². The molecule has 2 atom stereocenters. The van der Waals surface area contributed by atoms with Gasteiger partial charge in [-0.2, -0.15) is 0 Å². The van der Waals surface area contributed by atoms with E-state index >= 15 is 0 Å². The molecule has 0 aromatic heterocycles. The number of nitrogens with one attached hydrogen (secondary N) is 2. The first-order valence-electron chi connectivity index (χ1n) is 10.4. The Balaban J connectivity index is 2.26. The van der Waals surface area contributed by atoms with Gasteiger partial charge in [0.2, 0.25) is 5.91 Å². The highest BCUT2D eigenvalue weighted by molar-refractivity contribution is 5.81. The van der Waals surface area contributed by atoms with E-state index in [0.717, 1.165) is 64.4 Å². The van der Waals surface area contributed by atoms with Crippen molar-refractivity contribution in [1.82, 2.24) is 20.4 Å². The lowest BCUT2D eigenvalue weighted by Crippen LogP contribution is -2.44. The molecule has 27 heavy (non-hydrogen) atoms. The number of carbonyl (C=O) groups excluding carboxylic acids is 1. The van der Waals surface area contributed by atoms with Crippen LogP contribution in [0.3, 0.4) is 0 Å². The Kier molecular flexibility index (Phi) is 11.4. The number of hydrogen-bond acceptors (Lipinski definition) is 4. The Morgan fingerprint density at radius 2 is 2.00 bits per heavy atom.